The highest BCUT2D eigenvalue weighted by Gasteiger charge is 2.20. The second-order valence-electron chi connectivity index (χ2n) is 7.04. The van der Waals surface area contributed by atoms with E-state index in [-0.39, 0.29) is 17.9 Å². The number of anilines is 2. The molecule has 2 aromatic heterocycles. The fourth-order valence-corrected chi connectivity index (χ4v) is 3.98. The lowest BCUT2D eigenvalue weighted by molar-refractivity contribution is -0.115. The average Bonchev–Trinajstić information content (AvgIpc) is 3.06. The van der Waals surface area contributed by atoms with E-state index in [0.29, 0.717) is 42.7 Å². The van der Waals surface area contributed by atoms with Crippen LogP contribution in [0, 0.1) is 13.8 Å². The van der Waals surface area contributed by atoms with Crippen molar-refractivity contribution in [1.82, 2.24) is 14.6 Å². The minimum absolute atomic E-state index is 0.135. The summed E-state index contributed by atoms with van der Waals surface area (Å²) in [6.45, 7) is 6.37. The maximum Gasteiger partial charge on any atom is 0.266 e. The van der Waals surface area contributed by atoms with Gasteiger partial charge in [-0.2, -0.15) is 0 Å². The molecule has 4 rings (SSSR count). The summed E-state index contributed by atoms with van der Waals surface area (Å²) in [7, 11) is 0. The number of aromatic nitrogens is 3. The first kappa shape index (κ1) is 19.5. The van der Waals surface area contributed by atoms with Crippen molar-refractivity contribution in [2.75, 3.05) is 36.5 Å². The number of hydrogen-bond donors (Lipinski definition) is 2. The van der Waals surface area contributed by atoms with Gasteiger partial charge in [-0.05, 0) is 26.0 Å². The van der Waals surface area contributed by atoms with Crippen LogP contribution in [0.25, 0.3) is 5.65 Å². The molecule has 0 atom stereocenters. The second kappa shape index (κ2) is 7.88. The van der Waals surface area contributed by atoms with Gasteiger partial charge in [0, 0.05) is 36.1 Å². The van der Waals surface area contributed by atoms with Crippen LogP contribution >= 0.6 is 11.6 Å². The van der Waals surface area contributed by atoms with Gasteiger partial charge in [0.2, 0.25) is 5.91 Å². The molecule has 1 aromatic carbocycles. The number of ether oxygens (including phenoxy) is 1. The number of aryl methyl sites for hydroxylation is 2. The Morgan fingerprint density at radius 3 is 2.83 bits per heavy atom. The van der Waals surface area contributed by atoms with E-state index in [1.54, 1.807) is 4.52 Å². The van der Waals surface area contributed by atoms with Gasteiger partial charge in [0.1, 0.15) is 0 Å². The number of morpholine rings is 1. The number of para-hydroxylation sites is 1. The van der Waals surface area contributed by atoms with E-state index in [1.807, 2.05) is 32.0 Å². The summed E-state index contributed by atoms with van der Waals surface area (Å²) in [4.78, 5) is 31.0. The van der Waals surface area contributed by atoms with Gasteiger partial charge < -0.3 is 15.0 Å². The van der Waals surface area contributed by atoms with Gasteiger partial charge in [-0.1, -0.05) is 17.7 Å². The third-order valence-corrected chi connectivity index (χ3v) is 5.43. The quantitative estimate of drug-likeness (QED) is 0.682. The van der Waals surface area contributed by atoms with E-state index >= 15 is 0 Å². The van der Waals surface area contributed by atoms with Crippen LogP contribution in [-0.4, -0.2) is 46.8 Å². The Morgan fingerprint density at radius 1 is 1.31 bits per heavy atom. The van der Waals surface area contributed by atoms with Crippen molar-refractivity contribution in [2.24, 2.45) is 0 Å². The van der Waals surface area contributed by atoms with Gasteiger partial charge >= 0.3 is 0 Å². The number of benzene rings is 1. The van der Waals surface area contributed by atoms with Crippen LogP contribution in [0.3, 0.4) is 0 Å². The predicted molar refractivity (Wildman–Crippen MR) is 112 cm³/mol. The van der Waals surface area contributed by atoms with Crippen molar-refractivity contribution >= 4 is 34.5 Å². The van der Waals surface area contributed by atoms with Crippen molar-refractivity contribution in [3.05, 3.63) is 56.6 Å². The number of halogens is 1. The van der Waals surface area contributed by atoms with Crippen LogP contribution in [0.15, 0.2) is 29.1 Å². The molecule has 0 spiro atoms. The smallest absolute Gasteiger partial charge is 0.266 e. The molecular weight excluding hydrogens is 394 g/mol. The number of nitrogens with one attached hydrogen (secondary N) is 2. The normalized spacial score (nSPS) is 14.4. The van der Waals surface area contributed by atoms with E-state index in [4.69, 9.17) is 16.3 Å². The SMILES string of the molecule is Cc1nc2cc(=O)[nH]n2c(C)c1CC(=O)Nc1cccc(Cl)c1N1CCOCC1. The molecule has 2 N–H and O–H groups in total. The third-order valence-electron chi connectivity index (χ3n) is 5.13. The first-order chi connectivity index (χ1) is 13.9. The Labute approximate surface area is 172 Å². The van der Waals surface area contributed by atoms with Gasteiger partial charge in [0.25, 0.3) is 5.56 Å². The highest BCUT2D eigenvalue weighted by Crippen LogP contribution is 2.34. The van der Waals surface area contributed by atoms with Gasteiger partial charge in [-0.25, -0.2) is 9.50 Å². The number of fused-ring (bicyclic) bond motifs is 1. The highest BCUT2D eigenvalue weighted by molar-refractivity contribution is 6.34. The standard InChI is InChI=1S/C20H22ClN5O3/c1-12-14(13(2)26-17(22-12)11-19(28)24-26)10-18(27)23-16-5-3-4-15(21)20(16)25-6-8-29-9-7-25/h3-5,11H,6-10H2,1-2H3,(H,23,27)(H,24,28). The van der Waals surface area contributed by atoms with Crippen LogP contribution in [0.1, 0.15) is 17.0 Å². The maximum atomic E-state index is 12.9. The Morgan fingerprint density at radius 2 is 2.07 bits per heavy atom. The van der Waals surface area contributed by atoms with Crippen molar-refractivity contribution in [3.63, 3.8) is 0 Å². The van der Waals surface area contributed by atoms with Crippen molar-refractivity contribution in [3.8, 4) is 0 Å². The number of hydrogen-bond acceptors (Lipinski definition) is 5. The molecule has 29 heavy (non-hydrogen) atoms. The van der Waals surface area contributed by atoms with Crippen LogP contribution in [0.2, 0.25) is 5.02 Å². The molecular formula is C20H22ClN5O3. The number of carbonyl (C=O) groups excluding carboxylic acids is 1. The Kier molecular flexibility index (Phi) is 5.29. The number of nitrogens with zero attached hydrogens (tertiary/aromatic N) is 3. The highest BCUT2D eigenvalue weighted by atomic mass is 35.5. The molecule has 1 fully saturated rings. The molecule has 3 aromatic rings. The number of H-pyrrole nitrogens is 1. The summed E-state index contributed by atoms with van der Waals surface area (Å²) >= 11 is 6.44. The topological polar surface area (TPSA) is 91.7 Å². The number of rotatable bonds is 4. The second-order valence-corrected chi connectivity index (χ2v) is 7.44. The lowest BCUT2D eigenvalue weighted by Gasteiger charge is -2.31. The maximum absolute atomic E-state index is 12.9. The number of aromatic amines is 1. The third kappa shape index (κ3) is 3.86. The average molecular weight is 416 g/mol. The molecule has 1 aliphatic rings. The Bertz CT molecular complexity index is 1130. The minimum atomic E-state index is -0.226. The zero-order valence-electron chi connectivity index (χ0n) is 16.3. The molecule has 0 radical (unpaired) electrons. The summed E-state index contributed by atoms with van der Waals surface area (Å²) in [5.41, 5.74) is 4.07. The lowest BCUT2D eigenvalue weighted by Crippen LogP contribution is -2.37. The molecule has 0 unspecified atom stereocenters. The van der Waals surface area contributed by atoms with Crippen LogP contribution in [0.5, 0.6) is 0 Å². The van der Waals surface area contributed by atoms with Gasteiger partial charge in [-0.3, -0.25) is 14.7 Å². The number of carbonyl (C=O) groups is 1. The number of amides is 1. The molecule has 0 aliphatic carbocycles. The predicted octanol–water partition coefficient (Wildman–Crippen LogP) is 2.31. The Hall–Kier alpha value is -2.84. The summed E-state index contributed by atoms with van der Waals surface area (Å²) in [5.74, 6) is -0.177. The van der Waals surface area contributed by atoms with Crippen LogP contribution < -0.4 is 15.8 Å². The van der Waals surface area contributed by atoms with Gasteiger partial charge in [0.05, 0.1) is 36.0 Å². The molecule has 1 aliphatic heterocycles. The summed E-state index contributed by atoms with van der Waals surface area (Å²) in [6.07, 6.45) is 0.135. The molecule has 1 amide bonds. The lowest BCUT2D eigenvalue weighted by atomic mass is 10.1. The molecule has 8 nitrogen and oxygen atoms in total. The zero-order valence-corrected chi connectivity index (χ0v) is 17.0. The molecule has 9 heteroatoms. The molecule has 0 bridgehead atoms. The van der Waals surface area contributed by atoms with E-state index < -0.39 is 0 Å². The first-order valence-corrected chi connectivity index (χ1v) is 9.81. The first-order valence-electron chi connectivity index (χ1n) is 9.43. The minimum Gasteiger partial charge on any atom is -0.378 e. The largest absolute Gasteiger partial charge is 0.378 e. The fraction of sp³-hybridized carbons (Fsp3) is 0.350. The Balaban J connectivity index is 1.60. The van der Waals surface area contributed by atoms with Crippen LogP contribution in [-0.2, 0) is 16.0 Å². The molecule has 0 saturated carbocycles. The van der Waals surface area contributed by atoms with Crippen molar-refractivity contribution in [1.29, 1.82) is 0 Å². The molecule has 1 saturated heterocycles. The van der Waals surface area contributed by atoms with Crippen molar-refractivity contribution in [2.45, 2.75) is 20.3 Å². The van der Waals surface area contributed by atoms with Gasteiger partial charge in [0.15, 0.2) is 5.65 Å². The zero-order chi connectivity index (χ0) is 20.5. The van der Waals surface area contributed by atoms with Crippen molar-refractivity contribution < 1.29 is 9.53 Å². The van der Waals surface area contributed by atoms with Gasteiger partial charge in [-0.15, -0.1) is 0 Å². The summed E-state index contributed by atoms with van der Waals surface area (Å²) in [5, 5.41) is 6.29. The summed E-state index contributed by atoms with van der Waals surface area (Å²) < 4.78 is 7.03. The van der Waals surface area contributed by atoms with Crippen LogP contribution in [0.4, 0.5) is 11.4 Å². The monoisotopic (exact) mass is 415 g/mol. The fourth-order valence-electron chi connectivity index (χ4n) is 3.69. The molecule has 152 valence electrons. The molecule has 3 heterocycles. The summed E-state index contributed by atoms with van der Waals surface area (Å²) in [6, 6.07) is 6.91. The van der Waals surface area contributed by atoms with E-state index in [9.17, 15) is 9.59 Å². The van der Waals surface area contributed by atoms with E-state index in [1.165, 1.54) is 6.07 Å². The van der Waals surface area contributed by atoms with E-state index in [0.717, 1.165) is 22.6 Å². The van der Waals surface area contributed by atoms with E-state index in [2.05, 4.69) is 20.3 Å².